The zero-order chi connectivity index (χ0) is 17.2. The summed E-state index contributed by atoms with van der Waals surface area (Å²) in [5, 5.41) is 0. The van der Waals surface area contributed by atoms with Crippen LogP contribution in [0.15, 0.2) is 24.3 Å². The fourth-order valence-corrected chi connectivity index (χ4v) is 8.37. The van der Waals surface area contributed by atoms with Gasteiger partial charge in [0.05, 0.1) is 0 Å². The molecule has 0 saturated carbocycles. The van der Waals surface area contributed by atoms with Gasteiger partial charge in [0.15, 0.2) is 0 Å². The van der Waals surface area contributed by atoms with Crippen molar-refractivity contribution in [1.82, 2.24) is 0 Å². The summed E-state index contributed by atoms with van der Waals surface area (Å²) in [4.78, 5) is 0. The van der Waals surface area contributed by atoms with Gasteiger partial charge in [-0.15, -0.1) is 0 Å². The molecule has 1 aromatic rings. The van der Waals surface area contributed by atoms with Crippen molar-refractivity contribution in [2.75, 3.05) is 13.2 Å². The van der Waals surface area contributed by atoms with Crippen LogP contribution in [0.3, 0.4) is 0 Å². The van der Waals surface area contributed by atoms with Crippen LogP contribution in [0, 0.1) is 0 Å². The molecule has 2 aliphatic heterocycles. The van der Waals surface area contributed by atoms with Gasteiger partial charge in [0, 0.05) is 0 Å². The minimum absolute atomic E-state index is 0.158. The van der Waals surface area contributed by atoms with E-state index >= 15 is 0 Å². The van der Waals surface area contributed by atoms with Gasteiger partial charge in [0.1, 0.15) is 0 Å². The number of hydrogen-bond donors (Lipinski definition) is 0. The summed E-state index contributed by atoms with van der Waals surface area (Å²) in [6, 6.07) is 8.37. The Labute approximate surface area is 144 Å². The molecule has 0 radical (unpaired) electrons. The first-order chi connectivity index (χ1) is 11.5. The van der Waals surface area contributed by atoms with Crippen molar-refractivity contribution in [2.24, 2.45) is 0 Å². The van der Waals surface area contributed by atoms with E-state index in [4.69, 9.17) is 27.1 Å². The van der Waals surface area contributed by atoms with E-state index in [0.717, 1.165) is 11.1 Å². The molecule has 2 saturated heterocycles. The molecule has 1 aromatic carbocycles. The van der Waals surface area contributed by atoms with E-state index in [1.807, 2.05) is 27.7 Å². The summed E-state index contributed by atoms with van der Waals surface area (Å²) in [7, 11) is -4.99. The zero-order valence-corrected chi connectivity index (χ0v) is 16.7. The second-order valence-corrected chi connectivity index (χ2v) is 11.0. The Morgan fingerprint density at radius 1 is 0.750 bits per heavy atom. The molecule has 138 valence electrons. The quantitative estimate of drug-likeness (QED) is 0.620. The van der Waals surface area contributed by atoms with E-state index < -0.39 is 15.9 Å². The van der Waals surface area contributed by atoms with Crippen LogP contribution in [0.5, 0.6) is 0 Å². The second kappa shape index (κ2) is 7.61. The van der Waals surface area contributed by atoms with Crippen molar-refractivity contribution in [3.63, 3.8) is 0 Å². The van der Waals surface area contributed by atoms with Crippen molar-refractivity contribution in [3.8, 4) is 0 Å². The molecule has 6 nitrogen and oxygen atoms in total. The van der Waals surface area contributed by atoms with Crippen LogP contribution in [-0.4, -0.2) is 25.8 Å². The first-order valence-electron chi connectivity index (χ1n) is 8.55. The Kier molecular flexibility index (Phi) is 5.90. The first-order valence-corrected chi connectivity index (χ1v) is 12.4. The molecular formula is C16H28O6P2. The van der Waals surface area contributed by atoms with Gasteiger partial charge < -0.3 is 0 Å². The van der Waals surface area contributed by atoms with Crippen molar-refractivity contribution >= 4 is 15.9 Å². The molecule has 0 amide bonds. The topological polar surface area (TPSA) is 55.4 Å². The van der Waals surface area contributed by atoms with E-state index in [9.17, 15) is 0 Å². The van der Waals surface area contributed by atoms with Crippen LogP contribution in [0.1, 0.15) is 38.8 Å². The predicted molar refractivity (Wildman–Crippen MR) is 97.0 cm³/mol. The molecule has 2 aliphatic rings. The van der Waals surface area contributed by atoms with Crippen LogP contribution in [0.2, 0.25) is 0 Å². The van der Waals surface area contributed by atoms with E-state index in [0.29, 0.717) is 25.5 Å². The summed E-state index contributed by atoms with van der Waals surface area (Å²) in [5.41, 5.74) is 2.31. The van der Waals surface area contributed by atoms with E-state index in [1.165, 1.54) is 0 Å². The van der Waals surface area contributed by atoms with E-state index in [-0.39, 0.29) is 12.6 Å². The summed E-state index contributed by atoms with van der Waals surface area (Å²) in [6.07, 6.45) is 1.08. The van der Waals surface area contributed by atoms with Gasteiger partial charge in [0.25, 0.3) is 0 Å². The number of hydrogen-bond acceptors (Lipinski definition) is 6. The molecule has 0 N–H and O–H groups in total. The van der Waals surface area contributed by atoms with Gasteiger partial charge in [-0.2, -0.15) is 0 Å². The van der Waals surface area contributed by atoms with Crippen LogP contribution in [0.25, 0.3) is 0 Å². The fraction of sp³-hybridized carbons (Fsp3) is 0.625. The Bertz CT molecular complexity index is 480. The van der Waals surface area contributed by atoms with Crippen LogP contribution in [0.4, 0.5) is 0 Å². The average Bonchev–Trinajstić information content (AvgIpc) is 2.47. The van der Waals surface area contributed by atoms with E-state index in [2.05, 4.69) is 24.3 Å². The van der Waals surface area contributed by atoms with Gasteiger partial charge in [-0.3, -0.25) is 0 Å². The third-order valence-corrected chi connectivity index (χ3v) is 9.88. The van der Waals surface area contributed by atoms with Crippen molar-refractivity contribution in [2.45, 2.75) is 52.6 Å². The molecule has 3 rings (SSSR count). The van der Waals surface area contributed by atoms with Gasteiger partial charge >= 0.3 is 144 Å². The van der Waals surface area contributed by atoms with E-state index in [1.54, 1.807) is 0 Å². The monoisotopic (exact) mass is 378 g/mol. The summed E-state index contributed by atoms with van der Waals surface area (Å²) < 4.78 is 34.7. The Morgan fingerprint density at radius 3 is 1.33 bits per heavy atom. The van der Waals surface area contributed by atoms with Crippen LogP contribution < -0.4 is 0 Å². The van der Waals surface area contributed by atoms with Crippen LogP contribution >= 0.6 is 15.9 Å². The second-order valence-electron chi connectivity index (χ2n) is 6.01. The minimum atomic E-state index is -2.49. The Hall–Kier alpha value is -0.160. The number of benzene rings is 1. The number of rotatable bonds is 8. The molecule has 0 unspecified atom stereocenters. The van der Waals surface area contributed by atoms with Crippen LogP contribution in [-0.2, 0) is 39.5 Å². The third kappa shape index (κ3) is 4.14. The molecular weight excluding hydrogens is 350 g/mol. The molecule has 2 heterocycles. The average molecular weight is 378 g/mol. The van der Waals surface area contributed by atoms with Gasteiger partial charge in [-0.25, -0.2) is 0 Å². The van der Waals surface area contributed by atoms with Gasteiger partial charge in [-0.05, 0) is 0 Å². The summed E-state index contributed by atoms with van der Waals surface area (Å²) in [5.74, 6) is 0. The van der Waals surface area contributed by atoms with Gasteiger partial charge in [-0.1, -0.05) is 0 Å². The predicted octanol–water partition coefficient (Wildman–Crippen LogP) is 4.54. The van der Waals surface area contributed by atoms with Crippen molar-refractivity contribution < 1.29 is 27.1 Å². The molecule has 8 heteroatoms. The maximum absolute atomic E-state index is 5.79. The molecule has 2 fully saturated rings. The molecule has 0 aromatic heterocycles. The SMILES string of the molecule is CCO[PH]1(Cc2ccc(C[PH]3(OCC)OC(C)O3)cc2)OC(C)O1. The normalized spacial score (nSPS) is 30.0. The third-order valence-electron chi connectivity index (χ3n) is 3.97. The summed E-state index contributed by atoms with van der Waals surface area (Å²) in [6.45, 7) is 8.92. The Balaban J connectivity index is 1.61. The van der Waals surface area contributed by atoms with Gasteiger partial charge in [0.2, 0.25) is 0 Å². The molecule has 0 aliphatic carbocycles. The van der Waals surface area contributed by atoms with Crippen molar-refractivity contribution in [1.29, 1.82) is 0 Å². The molecule has 0 bridgehead atoms. The Morgan fingerprint density at radius 2 is 1.08 bits per heavy atom. The first kappa shape index (κ1) is 18.6. The molecule has 0 spiro atoms. The molecule has 24 heavy (non-hydrogen) atoms. The summed E-state index contributed by atoms with van der Waals surface area (Å²) >= 11 is 0. The maximum atomic E-state index is 5.79. The fourth-order valence-electron chi connectivity index (χ4n) is 3.15. The zero-order valence-electron chi connectivity index (χ0n) is 14.7. The standard InChI is InChI=1S/C16H28O6P2/c1-5-17-23(19-13(3)20-23)11-15-7-9-16(10-8-15)12-24(18-6-2)21-14(4)22-24/h7-10,13-14,23-24H,5-6,11-12H2,1-4H3. The molecule has 0 atom stereocenters. The van der Waals surface area contributed by atoms with Crippen molar-refractivity contribution in [3.05, 3.63) is 35.4 Å².